The topological polar surface area (TPSA) is 58.5 Å². The minimum absolute atomic E-state index is 0.208. The lowest BCUT2D eigenvalue weighted by Crippen LogP contribution is -2.36. The molecule has 1 heterocycles. The summed E-state index contributed by atoms with van der Waals surface area (Å²) in [6.45, 7) is 3.62. The van der Waals surface area contributed by atoms with Gasteiger partial charge in [0.1, 0.15) is 5.82 Å². The van der Waals surface area contributed by atoms with Crippen LogP contribution >= 0.6 is 11.8 Å². The molecule has 0 aliphatic carbocycles. The molecular weight excluding hydrogens is 351 g/mol. The van der Waals surface area contributed by atoms with Crippen LogP contribution in [0, 0.1) is 5.82 Å². The molecule has 140 valence electrons. The zero-order valence-electron chi connectivity index (χ0n) is 15.4. The van der Waals surface area contributed by atoms with Crippen LogP contribution < -0.4 is 15.4 Å². The van der Waals surface area contributed by atoms with Crippen LogP contribution in [-0.4, -0.2) is 30.9 Å². The summed E-state index contributed by atoms with van der Waals surface area (Å²) in [5.41, 5.74) is 3.01. The van der Waals surface area contributed by atoms with E-state index in [0.29, 0.717) is 31.5 Å². The van der Waals surface area contributed by atoms with Crippen LogP contribution in [0.15, 0.2) is 41.5 Å². The van der Waals surface area contributed by atoms with Gasteiger partial charge in [0.05, 0.1) is 6.61 Å². The molecule has 5 nitrogen and oxygen atoms in total. The molecule has 1 aromatic carbocycles. The van der Waals surface area contributed by atoms with E-state index in [1.165, 1.54) is 6.07 Å². The monoisotopic (exact) mass is 376 g/mol. The van der Waals surface area contributed by atoms with Crippen LogP contribution in [0.4, 0.5) is 4.39 Å². The first-order chi connectivity index (χ1) is 12.7. The Morgan fingerprint density at radius 3 is 2.65 bits per heavy atom. The maximum Gasteiger partial charge on any atom is 0.218 e. The highest BCUT2D eigenvalue weighted by atomic mass is 32.2. The van der Waals surface area contributed by atoms with Crippen LogP contribution in [0.2, 0.25) is 0 Å². The van der Waals surface area contributed by atoms with Gasteiger partial charge in [-0.05, 0) is 42.5 Å². The van der Waals surface area contributed by atoms with Crippen molar-refractivity contribution >= 4 is 17.7 Å². The summed E-state index contributed by atoms with van der Waals surface area (Å²) in [5.74, 6) is 1.85. The molecule has 2 rings (SSSR count). The van der Waals surface area contributed by atoms with Gasteiger partial charge in [0.15, 0.2) is 5.96 Å². The standard InChI is InChI=1S/C19H25FN4OS/c1-4-25-18-15(6-5-9-22-18)12-24-19(21-2)23-11-14-7-8-17(20)10-16(14)13-26-3/h5-10H,4,11-13H2,1-3H3,(H2,21,23,24). The number of hydrogen-bond donors (Lipinski definition) is 2. The lowest BCUT2D eigenvalue weighted by molar-refractivity contribution is 0.322. The van der Waals surface area contributed by atoms with E-state index in [1.54, 1.807) is 31.1 Å². The van der Waals surface area contributed by atoms with Gasteiger partial charge in [0, 0.05) is 37.7 Å². The van der Waals surface area contributed by atoms with Crippen molar-refractivity contribution in [3.05, 3.63) is 59.0 Å². The maximum atomic E-state index is 13.5. The molecule has 26 heavy (non-hydrogen) atoms. The smallest absolute Gasteiger partial charge is 0.218 e. The van der Waals surface area contributed by atoms with Crippen molar-refractivity contribution in [2.45, 2.75) is 25.8 Å². The van der Waals surface area contributed by atoms with Gasteiger partial charge >= 0.3 is 0 Å². The van der Waals surface area contributed by atoms with Gasteiger partial charge in [-0.2, -0.15) is 11.8 Å². The molecule has 0 aliphatic rings. The number of aliphatic imine (C=N–C) groups is 1. The Morgan fingerprint density at radius 1 is 1.19 bits per heavy atom. The first-order valence-corrected chi connectivity index (χ1v) is 9.84. The summed E-state index contributed by atoms with van der Waals surface area (Å²) in [5, 5.41) is 6.53. The number of ether oxygens (including phenoxy) is 1. The zero-order valence-corrected chi connectivity index (χ0v) is 16.2. The van der Waals surface area contributed by atoms with E-state index in [0.717, 1.165) is 22.4 Å². The molecule has 0 amide bonds. The molecule has 0 fully saturated rings. The lowest BCUT2D eigenvalue weighted by atomic mass is 10.1. The van der Waals surface area contributed by atoms with Crippen molar-refractivity contribution in [2.75, 3.05) is 19.9 Å². The van der Waals surface area contributed by atoms with Crippen LogP contribution in [0.3, 0.4) is 0 Å². The molecule has 7 heteroatoms. The summed E-state index contributed by atoms with van der Waals surface area (Å²) in [7, 11) is 1.72. The summed E-state index contributed by atoms with van der Waals surface area (Å²) in [6, 6.07) is 8.74. The predicted molar refractivity (Wildman–Crippen MR) is 106 cm³/mol. The third-order valence-corrected chi connectivity index (χ3v) is 4.32. The van der Waals surface area contributed by atoms with E-state index in [-0.39, 0.29) is 5.82 Å². The fraction of sp³-hybridized carbons (Fsp3) is 0.368. The van der Waals surface area contributed by atoms with Crippen LogP contribution in [0.5, 0.6) is 5.88 Å². The summed E-state index contributed by atoms with van der Waals surface area (Å²) in [6.07, 6.45) is 3.72. The summed E-state index contributed by atoms with van der Waals surface area (Å²) < 4.78 is 19.0. The van der Waals surface area contributed by atoms with E-state index < -0.39 is 0 Å². The number of pyridine rings is 1. The highest BCUT2D eigenvalue weighted by molar-refractivity contribution is 7.97. The van der Waals surface area contributed by atoms with Gasteiger partial charge in [0.2, 0.25) is 5.88 Å². The minimum atomic E-state index is -0.208. The normalized spacial score (nSPS) is 11.3. The van der Waals surface area contributed by atoms with Crippen molar-refractivity contribution in [1.29, 1.82) is 0 Å². The second kappa shape index (κ2) is 10.7. The van der Waals surface area contributed by atoms with E-state index in [2.05, 4.69) is 20.6 Å². The van der Waals surface area contributed by atoms with Gasteiger partial charge in [-0.3, -0.25) is 4.99 Å². The van der Waals surface area contributed by atoms with Crippen LogP contribution in [0.25, 0.3) is 0 Å². The molecule has 1 aromatic heterocycles. The van der Waals surface area contributed by atoms with E-state index >= 15 is 0 Å². The first kappa shape index (κ1) is 20.0. The number of benzene rings is 1. The number of halogens is 1. The van der Waals surface area contributed by atoms with Gasteiger partial charge in [-0.1, -0.05) is 12.1 Å². The fourth-order valence-electron chi connectivity index (χ4n) is 2.46. The van der Waals surface area contributed by atoms with E-state index in [9.17, 15) is 4.39 Å². The Hall–Kier alpha value is -2.28. The average Bonchev–Trinajstić information content (AvgIpc) is 2.65. The minimum Gasteiger partial charge on any atom is -0.478 e. The Labute approximate surface area is 158 Å². The summed E-state index contributed by atoms with van der Waals surface area (Å²) in [4.78, 5) is 8.49. The second-order valence-electron chi connectivity index (χ2n) is 5.53. The molecule has 0 aliphatic heterocycles. The van der Waals surface area contributed by atoms with Crippen LogP contribution in [-0.2, 0) is 18.8 Å². The van der Waals surface area contributed by atoms with Crippen molar-refractivity contribution in [1.82, 2.24) is 15.6 Å². The SMILES string of the molecule is CCOc1ncccc1CNC(=NC)NCc1ccc(F)cc1CSC. The van der Waals surface area contributed by atoms with Crippen molar-refractivity contribution < 1.29 is 9.13 Å². The predicted octanol–water partition coefficient (Wildman–Crippen LogP) is 3.35. The molecule has 0 atom stereocenters. The molecule has 0 radical (unpaired) electrons. The number of thioether (sulfide) groups is 1. The molecule has 0 spiro atoms. The Kier molecular flexibility index (Phi) is 8.21. The highest BCUT2D eigenvalue weighted by Gasteiger charge is 2.07. The molecular formula is C19H25FN4OS. The molecule has 2 aromatic rings. The lowest BCUT2D eigenvalue weighted by Gasteiger charge is -2.15. The van der Waals surface area contributed by atoms with Gasteiger partial charge in [0.25, 0.3) is 0 Å². The number of nitrogens with one attached hydrogen (secondary N) is 2. The fourth-order valence-corrected chi connectivity index (χ4v) is 3.04. The number of hydrogen-bond acceptors (Lipinski definition) is 4. The number of guanidine groups is 1. The van der Waals surface area contributed by atoms with Crippen molar-refractivity contribution in [2.24, 2.45) is 4.99 Å². The molecule has 0 saturated heterocycles. The highest BCUT2D eigenvalue weighted by Crippen LogP contribution is 2.17. The molecule has 0 bridgehead atoms. The third-order valence-electron chi connectivity index (χ3n) is 3.72. The Bertz CT molecular complexity index is 739. The summed E-state index contributed by atoms with van der Waals surface area (Å²) >= 11 is 1.67. The Balaban J connectivity index is 1.97. The van der Waals surface area contributed by atoms with E-state index in [1.807, 2.05) is 31.4 Å². The Morgan fingerprint density at radius 2 is 1.96 bits per heavy atom. The van der Waals surface area contributed by atoms with Crippen LogP contribution in [0.1, 0.15) is 23.6 Å². The van der Waals surface area contributed by atoms with E-state index in [4.69, 9.17) is 4.74 Å². The second-order valence-corrected chi connectivity index (χ2v) is 6.39. The van der Waals surface area contributed by atoms with Crippen molar-refractivity contribution in [3.8, 4) is 5.88 Å². The number of rotatable bonds is 8. The molecule has 0 saturated carbocycles. The third kappa shape index (κ3) is 5.91. The zero-order chi connectivity index (χ0) is 18.8. The first-order valence-electron chi connectivity index (χ1n) is 8.45. The quantitative estimate of drug-likeness (QED) is 0.547. The van der Waals surface area contributed by atoms with Gasteiger partial charge in [-0.25, -0.2) is 9.37 Å². The molecule has 0 unspecified atom stereocenters. The largest absolute Gasteiger partial charge is 0.478 e. The van der Waals surface area contributed by atoms with Gasteiger partial charge in [-0.15, -0.1) is 0 Å². The maximum absolute atomic E-state index is 13.5. The molecule has 2 N–H and O–H groups in total. The average molecular weight is 377 g/mol. The number of aromatic nitrogens is 1. The van der Waals surface area contributed by atoms with Crippen molar-refractivity contribution in [3.63, 3.8) is 0 Å². The van der Waals surface area contributed by atoms with Gasteiger partial charge < -0.3 is 15.4 Å². The number of nitrogens with zero attached hydrogens (tertiary/aromatic N) is 2.